The lowest BCUT2D eigenvalue weighted by atomic mass is 9.94. The molecule has 0 radical (unpaired) electrons. The van der Waals surface area contributed by atoms with Gasteiger partial charge in [0, 0.05) is 24.5 Å². The van der Waals surface area contributed by atoms with Crippen LogP contribution in [-0.4, -0.2) is 35.7 Å². The van der Waals surface area contributed by atoms with E-state index in [1.807, 2.05) is 7.05 Å². The standard InChI is InChI=1S/C12H15ClFNO/c1-15-5-4-12(16,8-15)7-9-2-3-10(14)6-11(9)13/h2-3,6,16H,4-5,7-8H2,1H3. The van der Waals surface area contributed by atoms with E-state index in [2.05, 4.69) is 4.90 Å². The van der Waals surface area contributed by atoms with E-state index in [1.54, 1.807) is 6.07 Å². The maximum atomic E-state index is 12.9. The molecular weight excluding hydrogens is 229 g/mol. The Labute approximate surface area is 99.6 Å². The first-order valence-electron chi connectivity index (χ1n) is 5.33. The van der Waals surface area contributed by atoms with Gasteiger partial charge in [0.25, 0.3) is 0 Å². The molecule has 2 rings (SSSR count). The van der Waals surface area contributed by atoms with Crippen LogP contribution < -0.4 is 0 Å². The van der Waals surface area contributed by atoms with Gasteiger partial charge in [0.05, 0.1) is 5.60 Å². The number of benzene rings is 1. The van der Waals surface area contributed by atoms with Crippen LogP contribution in [0.25, 0.3) is 0 Å². The van der Waals surface area contributed by atoms with E-state index >= 15 is 0 Å². The van der Waals surface area contributed by atoms with Crippen LogP contribution in [0.4, 0.5) is 4.39 Å². The Kier molecular flexibility index (Phi) is 3.19. The third kappa shape index (κ3) is 2.54. The van der Waals surface area contributed by atoms with Gasteiger partial charge in [-0.05, 0) is 31.2 Å². The molecule has 1 atom stereocenters. The lowest BCUT2D eigenvalue weighted by Gasteiger charge is -2.22. The summed E-state index contributed by atoms with van der Waals surface area (Å²) in [5.41, 5.74) is 0.0804. The van der Waals surface area contributed by atoms with Crippen LogP contribution in [-0.2, 0) is 6.42 Å². The summed E-state index contributed by atoms with van der Waals surface area (Å²) in [4.78, 5) is 2.08. The molecule has 1 aromatic carbocycles. The highest BCUT2D eigenvalue weighted by Crippen LogP contribution is 2.28. The van der Waals surface area contributed by atoms with Gasteiger partial charge < -0.3 is 10.0 Å². The van der Waals surface area contributed by atoms with Gasteiger partial charge in [-0.25, -0.2) is 4.39 Å². The van der Waals surface area contributed by atoms with Crippen molar-refractivity contribution in [1.82, 2.24) is 4.90 Å². The van der Waals surface area contributed by atoms with Crippen LogP contribution >= 0.6 is 11.6 Å². The number of halogens is 2. The SMILES string of the molecule is CN1CCC(O)(Cc2ccc(F)cc2Cl)C1. The molecule has 1 aliphatic rings. The van der Waals surface area contributed by atoms with E-state index in [0.717, 1.165) is 18.5 Å². The van der Waals surface area contributed by atoms with E-state index in [0.29, 0.717) is 18.0 Å². The molecule has 0 aliphatic carbocycles. The molecule has 4 heteroatoms. The Morgan fingerprint density at radius 2 is 2.31 bits per heavy atom. The number of rotatable bonds is 2. The number of aliphatic hydroxyl groups is 1. The predicted molar refractivity (Wildman–Crippen MR) is 62.2 cm³/mol. The Bertz CT molecular complexity index is 399. The van der Waals surface area contributed by atoms with Crippen LogP contribution in [0.15, 0.2) is 18.2 Å². The summed E-state index contributed by atoms with van der Waals surface area (Å²) in [6.07, 6.45) is 1.22. The minimum atomic E-state index is -0.726. The van der Waals surface area contributed by atoms with E-state index < -0.39 is 5.60 Å². The fourth-order valence-electron chi connectivity index (χ4n) is 2.22. The highest BCUT2D eigenvalue weighted by atomic mass is 35.5. The van der Waals surface area contributed by atoms with Crippen molar-refractivity contribution in [3.8, 4) is 0 Å². The van der Waals surface area contributed by atoms with Crippen molar-refractivity contribution < 1.29 is 9.50 Å². The Balaban J connectivity index is 2.14. The minimum absolute atomic E-state index is 0.343. The molecule has 1 N–H and O–H groups in total. The quantitative estimate of drug-likeness (QED) is 0.860. The summed E-state index contributed by atoms with van der Waals surface area (Å²) >= 11 is 5.94. The van der Waals surface area contributed by atoms with Gasteiger partial charge in [-0.3, -0.25) is 0 Å². The van der Waals surface area contributed by atoms with E-state index in [1.165, 1.54) is 12.1 Å². The summed E-state index contributed by atoms with van der Waals surface area (Å²) in [6.45, 7) is 1.52. The summed E-state index contributed by atoms with van der Waals surface area (Å²) in [5, 5.41) is 10.7. The first kappa shape index (κ1) is 11.8. The van der Waals surface area contributed by atoms with Crippen molar-refractivity contribution >= 4 is 11.6 Å². The Hall–Kier alpha value is -0.640. The second-order valence-electron chi connectivity index (χ2n) is 4.62. The third-order valence-corrected chi connectivity index (χ3v) is 3.41. The molecule has 0 spiro atoms. The fraction of sp³-hybridized carbons (Fsp3) is 0.500. The van der Waals surface area contributed by atoms with Crippen LogP contribution in [0, 0.1) is 5.82 Å². The predicted octanol–water partition coefficient (Wildman–Crippen LogP) is 2.09. The summed E-state index contributed by atoms with van der Waals surface area (Å²) in [5.74, 6) is -0.343. The van der Waals surface area contributed by atoms with E-state index in [4.69, 9.17) is 11.6 Å². The molecule has 0 amide bonds. The third-order valence-electron chi connectivity index (χ3n) is 3.06. The molecule has 1 saturated heterocycles. The van der Waals surface area contributed by atoms with Gasteiger partial charge in [-0.15, -0.1) is 0 Å². The molecule has 1 aliphatic heterocycles. The zero-order valence-electron chi connectivity index (χ0n) is 9.21. The van der Waals surface area contributed by atoms with Gasteiger partial charge >= 0.3 is 0 Å². The van der Waals surface area contributed by atoms with E-state index in [-0.39, 0.29) is 5.82 Å². The Morgan fingerprint density at radius 1 is 1.56 bits per heavy atom. The first-order valence-corrected chi connectivity index (χ1v) is 5.71. The van der Waals surface area contributed by atoms with Crippen LogP contribution in [0.1, 0.15) is 12.0 Å². The molecule has 16 heavy (non-hydrogen) atoms. The largest absolute Gasteiger partial charge is 0.388 e. The monoisotopic (exact) mass is 243 g/mol. The number of likely N-dealkylation sites (N-methyl/N-ethyl adjacent to an activating group) is 1. The minimum Gasteiger partial charge on any atom is -0.388 e. The molecule has 0 saturated carbocycles. The number of β-amino-alcohol motifs (C(OH)–C–C–N with tert-alkyl or cyclic N) is 1. The number of likely N-dealkylation sites (tertiary alicyclic amines) is 1. The van der Waals surface area contributed by atoms with Crippen molar-refractivity contribution in [3.05, 3.63) is 34.6 Å². The Morgan fingerprint density at radius 3 is 2.88 bits per heavy atom. The van der Waals surface area contributed by atoms with Crippen molar-refractivity contribution in [2.24, 2.45) is 0 Å². The van der Waals surface area contributed by atoms with Gasteiger partial charge in [0.1, 0.15) is 5.82 Å². The molecule has 1 unspecified atom stereocenters. The van der Waals surface area contributed by atoms with Crippen LogP contribution in [0.2, 0.25) is 5.02 Å². The summed E-state index contributed by atoms with van der Waals surface area (Å²) < 4.78 is 12.9. The van der Waals surface area contributed by atoms with Crippen molar-refractivity contribution in [2.75, 3.05) is 20.1 Å². The number of nitrogens with zero attached hydrogens (tertiary/aromatic N) is 1. The maximum absolute atomic E-state index is 12.9. The van der Waals surface area contributed by atoms with Gasteiger partial charge in [0.15, 0.2) is 0 Å². The van der Waals surface area contributed by atoms with Gasteiger partial charge in [-0.1, -0.05) is 17.7 Å². The number of hydrogen-bond acceptors (Lipinski definition) is 2. The second kappa shape index (κ2) is 4.32. The van der Waals surface area contributed by atoms with E-state index in [9.17, 15) is 9.50 Å². The fourth-order valence-corrected chi connectivity index (χ4v) is 2.46. The highest BCUT2D eigenvalue weighted by molar-refractivity contribution is 6.31. The molecular formula is C12H15ClFNO. The lowest BCUT2D eigenvalue weighted by Crippen LogP contribution is -2.34. The van der Waals surface area contributed by atoms with Crippen LogP contribution in [0.5, 0.6) is 0 Å². The number of hydrogen-bond donors (Lipinski definition) is 1. The molecule has 0 bridgehead atoms. The molecule has 88 valence electrons. The molecule has 1 fully saturated rings. The summed E-state index contributed by atoms with van der Waals surface area (Å²) in [6, 6.07) is 4.32. The normalized spacial score (nSPS) is 26.2. The lowest BCUT2D eigenvalue weighted by molar-refractivity contribution is 0.0523. The zero-order valence-corrected chi connectivity index (χ0v) is 9.97. The smallest absolute Gasteiger partial charge is 0.124 e. The van der Waals surface area contributed by atoms with Crippen molar-refractivity contribution in [2.45, 2.75) is 18.4 Å². The first-order chi connectivity index (χ1) is 7.48. The zero-order chi connectivity index (χ0) is 11.8. The topological polar surface area (TPSA) is 23.5 Å². The maximum Gasteiger partial charge on any atom is 0.124 e. The highest BCUT2D eigenvalue weighted by Gasteiger charge is 2.34. The van der Waals surface area contributed by atoms with Crippen molar-refractivity contribution in [1.29, 1.82) is 0 Å². The van der Waals surface area contributed by atoms with Gasteiger partial charge in [0.2, 0.25) is 0 Å². The van der Waals surface area contributed by atoms with Crippen molar-refractivity contribution in [3.63, 3.8) is 0 Å². The molecule has 2 nitrogen and oxygen atoms in total. The molecule has 1 heterocycles. The average Bonchev–Trinajstić information content (AvgIpc) is 2.52. The van der Waals surface area contributed by atoms with Gasteiger partial charge in [-0.2, -0.15) is 0 Å². The summed E-state index contributed by atoms with van der Waals surface area (Å²) in [7, 11) is 1.98. The molecule has 0 aromatic heterocycles. The molecule has 1 aromatic rings. The van der Waals surface area contributed by atoms with Crippen LogP contribution in [0.3, 0.4) is 0 Å². The average molecular weight is 244 g/mol. The second-order valence-corrected chi connectivity index (χ2v) is 5.03.